The number of para-hydroxylation sites is 1. The van der Waals surface area contributed by atoms with Gasteiger partial charge in [0.05, 0.1) is 0 Å². The van der Waals surface area contributed by atoms with E-state index in [9.17, 15) is 9.59 Å². The van der Waals surface area contributed by atoms with E-state index in [0.717, 1.165) is 22.4 Å². The van der Waals surface area contributed by atoms with Gasteiger partial charge in [0.15, 0.2) is 0 Å². The van der Waals surface area contributed by atoms with Crippen molar-refractivity contribution in [3.63, 3.8) is 0 Å². The Labute approximate surface area is 133 Å². The summed E-state index contributed by atoms with van der Waals surface area (Å²) >= 11 is 0. The normalized spacial score (nSPS) is 19.3. The SMILES string of the molecule is CN1c2c(cccc2-c2cncnc2)CC1(C)C(=O)NC(N)=O. The van der Waals surface area contributed by atoms with Crippen molar-refractivity contribution in [2.45, 2.75) is 18.9 Å². The van der Waals surface area contributed by atoms with Crippen LogP contribution in [0.3, 0.4) is 0 Å². The summed E-state index contributed by atoms with van der Waals surface area (Å²) in [7, 11) is 1.83. The molecule has 3 rings (SSSR count). The van der Waals surface area contributed by atoms with Gasteiger partial charge in [0.1, 0.15) is 11.9 Å². The Hall–Kier alpha value is -2.96. The van der Waals surface area contributed by atoms with Crippen molar-refractivity contribution in [1.82, 2.24) is 15.3 Å². The first kappa shape index (κ1) is 15.0. The van der Waals surface area contributed by atoms with Crippen molar-refractivity contribution in [1.29, 1.82) is 0 Å². The third-order valence-electron chi connectivity index (χ3n) is 4.33. The Morgan fingerprint density at radius 3 is 2.65 bits per heavy atom. The number of carbonyl (C=O) groups excluding carboxylic acids is 2. The summed E-state index contributed by atoms with van der Waals surface area (Å²) in [6.45, 7) is 1.79. The molecule has 7 heteroatoms. The number of benzene rings is 1. The molecule has 3 N–H and O–H groups in total. The first-order chi connectivity index (χ1) is 10.9. The lowest BCUT2D eigenvalue weighted by molar-refractivity contribution is -0.124. The molecule has 1 aliphatic heterocycles. The zero-order valence-electron chi connectivity index (χ0n) is 12.9. The maximum absolute atomic E-state index is 12.4. The van der Waals surface area contributed by atoms with E-state index in [1.165, 1.54) is 6.33 Å². The van der Waals surface area contributed by atoms with E-state index in [1.54, 1.807) is 19.3 Å². The number of amides is 3. The van der Waals surface area contributed by atoms with E-state index in [1.807, 2.05) is 30.1 Å². The second-order valence-corrected chi connectivity index (χ2v) is 5.77. The number of aromatic nitrogens is 2. The Balaban J connectivity index is 2.06. The van der Waals surface area contributed by atoms with Gasteiger partial charge in [-0.1, -0.05) is 18.2 Å². The number of likely N-dealkylation sites (N-methyl/N-ethyl adjacent to an activating group) is 1. The molecular formula is C16H17N5O2. The summed E-state index contributed by atoms with van der Waals surface area (Å²) in [5, 5.41) is 2.18. The van der Waals surface area contributed by atoms with E-state index in [2.05, 4.69) is 15.3 Å². The maximum atomic E-state index is 12.4. The molecule has 0 fully saturated rings. The van der Waals surface area contributed by atoms with E-state index in [0.29, 0.717) is 6.42 Å². The molecule has 7 nitrogen and oxygen atoms in total. The van der Waals surface area contributed by atoms with Gasteiger partial charge in [-0.3, -0.25) is 10.1 Å². The number of urea groups is 1. The van der Waals surface area contributed by atoms with Crippen molar-refractivity contribution < 1.29 is 9.59 Å². The van der Waals surface area contributed by atoms with Crippen LogP contribution in [0.15, 0.2) is 36.9 Å². The highest BCUT2D eigenvalue weighted by molar-refractivity contribution is 6.03. The lowest BCUT2D eigenvalue weighted by atomic mass is 9.95. The first-order valence-electron chi connectivity index (χ1n) is 7.15. The van der Waals surface area contributed by atoms with Crippen molar-refractivity contribution in [3.8, 4) is 11.1 Å². The Morgan fingerprint density at radius 2 is 2.00 bits per heavy atom. The van der Waals surface area contributed by atoms with Gasteiger partial charge < -0.3 is 10.6 Å². The van der Waals surface area contributed by atoms with Crippen molar-refractivity contribution in [2.24, 2.45) is 5.73 Å². The van der Waals surface area contributed by atoms with Gasteiger partial charge in [0, 0.05) is 42.7 Å². The van der Waals surface area contributed by atoms with Crippen LogP contribution in [0, 0.1) is 0 Å². The number of fused-ring (bicyclic) bond motifs is 1. The topological polar surface area (TPSA) is 101 Å². The number of nitrogens with zero attached hydrogens (tertiary/aromatic N) is 3. The fourth-order valence-corrected chi connectivity index (χ4v) is 3.02. The van der Waals surface area contributed by atoms with Gasteiger partial charge in [0.2, 0.25) is 0 Å². The van der Waals surface area contributed by atoms with Crippen LogP contribution in [-0.4, -0.2) is 34.5 Å². The molecule has 0 saturated heterocycles. The molecular weight excluding hydrogens is 294 g/mol. The van der Waals surface area contributed by atoms with Crippen LogP contribution in [0.2, 0.25) is 0 Å². The summed E-state index contributed by atoms with van der Waals surface area (Å²) in [5.41, 5.74) is 7.97. The average molecular weight is 311 g/mol. The first-order valence-corrected chi connectivity index (χ1v) is 7.15. The monoisotopic (exact) mass is 311 g/mol. The molecule has 3 amide bonds. The van der Waals surface area contributed by atoms with Crippen LogP contribution in [-0.2, 0) is 11.2 Å². The van der Waals surface area contributed by atoms with E-state index < -0.39 is 17.5 Å². The molecule has 1 aromatic heterocycles. The zero-order chi connectivity index (χ0) is 16.6. The predicted octanol–water partition coefficient (Wildman–Crippen LogP) is 1.09. The van der Waals surface area contributed by atoms with Crippen LogP contribution in [0.4, 0.5) is 10.5 Å². The van der Waals surface area contributed by atoms with Crippen LogP contribution < -0.4 is 16.0 Å². The summed E-state index contributed by atoms with van der Waals surface area (Å²) in [5.74, 6) is -0.418. The summed E-state index contributed by atoms with van der Waals surface area (Å²) in [4.78, 5) is 33.4. The number of imide groups is 1. The highest BCUT2D eigenvalue weighted by Gasteiger charge is 2.45. The van der Waals surface area contributed by atoms with Gasteiger partial charge in [-0.2, -0.15) is 0 Å². The minimum atomic E-state index is -0.886. The highest BCUT2D eigenvalue weighted by atomic mass is 16.2. The number of rotatable bonds is 2. The van der Waals surface area contributed by atoms with Crippen molar-refractivity contribution in [3.05, 3.63) is 42.5 Å². The van der Waals surface area contributed by atoms with Gasteiger partial charge >= 0.3 is 6.03 Å². The van der Waals surface area contributed by atoms with Crippen LogP contribution in [0.1, 0.15) is 12.5 Å². The highest BCUT2D eigenvalue weighted by Crippen LogP contribution is 2.43. The Bertz CT molecular complexity index is 777. The van der Waals surface area contributed by atoms with Crippen LogP contribution in [0.25, 0.3) is 11.1 Å². The zero-order valence-corrected chi connectivity index (χ0v) is 12.9. The van der Waals surface area contributed by atoms with E-state index in [4.69, 9.17) is 5.73 Å². The number of carbonyl (C=O) groups is 2. The molecule has 0 spiro atoms. The number of nitrogens with two attached hydrogens (primary N) is 1. The van der Waals surface area contributed by atoms with E-state index in [-0.39, 0.29) is 0 Å². The summed E-state index contributed by atoms with van der Waals surface area (Å²) < 4.78 is 0. The second kappa shape index (κ2) is 5.35. The second-order valence-electron chi connectivity index (χ2n) is 5.77. The molecule has 1 aromatic carbocycles. The predicted molar refractivity (Wildman–Crippen MR) is 85.7 cm³/mol. The number of hydrogen-bond acceptors (Lipinski definition) is 5. The van der Waals surface area contributed by atoms with Gasteiger partial charge in [0.25, 0.3) is 5.91 Å². The fourth-order valence-electron chi connectivity index (χ4n) is 3.02. The van der Waals surface area contributed by atoms with Crippen molar-refractivity contribution >= 4 is 17.6 Å². The Kier molecular flexibility index (Phi) is 3.48. The maximum Gasteiger partial charge on any atom is 0.318 e. The number of primary amides is 1. The molecule has 118 valence electrons. The molecule has 0 bridgehead atoms. The summed E-state index contributed by atoms with van der Waals surface area (Å²) in [6.07, 6.45) is 5.42. The number of anilines is 1. The molecule has 0 saturated carbocycles. The lowest BCUT2D eigenvalue weighted by Gasteiger charge is -2.33. The van der Waals surface area contributed by atoms with Gasteiger partial charge in [-0.05, 0) is 12.5 Å². The largest absolute Gasteiger partial charge is 0.359 e. The molecule has 1 unspecified atom stereocenters. The van der Waals surface area contributed by atoms with Crippen LogP contribution >= 0.6 is 0 Å². The third kappa shape index (κ3) is 2.40. The fraction of sp³-hybridized carbons (Fsp3) is 0.250. The molecule has 0 radical (unpaired) electrons. The smallest absolute Gasteiger partial charge is 0.318 e. The minimum absolute atomic E-state index is 0.418. The van der Waals surface area contributed by atoms with Gasteiger partial charge in [-0.15, -0.1) is 0 Å². The molecule has 2 aromatic rings. The van der Waals surface area contributed by atoms with E-state index >= 15 is 0 Å². The molecule has 1 atom stereocenters. The lowest BCUT2D eigenvalue weighted by Crippen LogP contribution is -2.56. The van der Waals surface area contributed by atoms with Crippen molar-refractivity contribution in [2.75, 3.05) is 11.9 Å². The van der Waals surface area contributed by atoms with Crippen LogP contribution in [0.5, 0.6) is 0 Å². The standard InChI is InChI=1S/C16H17N5O2/c1-16(14(22)20-15(17)23)6-10-4-3-5-12(13(10)21(16)2)11-7-18-9-19-8-11/h3-5,7-9H,6H2,1-2H3,(H3,17,20,22,23). The third-order valence-corrected chi connectivity index (χ3v) is 4.33. The Morgan fingerprint density at radius 1 is 1.30 bits per heavy atom. The molecule has 23 heavy (non-hydrogen) atoms. The molecule has 0 aliphatic carbocycles. The quantitative estimate of drug-likeness (QED) is 0.864. The number of nitrogens with one attached hydrogen (secondary N) is 1. The molecule has 2 heterocycles. The summed E-state index contributed by atoms with van der Waals surface area (Å²) in [6, 6.07) is 5.03. The minimum Gasteiger partial charge on any atom is -0.359 e. The molecule has 1 aliphatic rings. The number of hydrogen-bond donors (Lipinski definition) is 2. The average Bonchev–Trinajstić information content (AvgIpc) is 2.80. The van der Waals surface area contributed by atoms with Gasteiger partial charge in [-0.25, -0.2) is 14.8 Å².